The van der Waals surface area contributed by atoms with Crippen molar-refractivity contribution in [3.63, 3.8) is 0 Å². The molecule has 5 heteroatoms. The monoisotopic (exact) mass is 223 g/mol. The van der Waals surface area contributed by atoms with Crippen molar-refractivity contribution in [3.05, 3.63) is 18.3 Å². The van der Waals surface area contributed by atoms with Crippen LogP contribution < -0.4 is 15.4 Å². The predicted molar refractivity (Wildman–Crippen MR) is 62.6 cm³/mol. The summed E-state index contributed by atoms with van der Waals surface area (Å²) in [4.78, 5) is 15.2. The number of pyridine rings is 1. The van der Waals surface area contributed by atoms with Crippen molar-refractivity contribution in [3.8, 4) is 5.75 Å². The molecule has 1 amide bonds. The zero-order chi connectivity index (χ0) is 11.8. The Labute approximate surface area is 95.2 Å². The summed E-state index contributed by atoms with van der Waals surface area (Å²) in [6.45, 7) is 2.87. The van der Waals surface area contributed by atoms with Crippen LogP contribution in [0, 0.1) is 0 Å². The lowest BCUT2D eigenvalue weighted by atomic mass is 10.4. The molecule has 16 heavy (non-hydrogen) atoms. The number of aromatic nitrogens is 1. The van der Waals surface area contributed by atoms with E-state index in [2.05, 4.69) is 15.6 Å². The van der Waals surface area contributed by atoms with E-state index in [-0.39, 0.29) is 12.5 Å². The average Bonchev–Trinajstić information content (AvgIpc) is 2.34. The first kappa shape index (κ1) is 12.3. The summed E-state index contributed by atoms with van der Waals surface area (Å²) in [7, 11) is 1.59. The molecule has 0 aliphatic rings. The molecule has 0 aliphatic heterocycles. The second-order valence-corrected chi connectivity index (χ2v) is 3.23. The summed E-state index contributed by atoms with van der Waals surface area (Å²) in [6, 6.07) is 3.63. The van der Waals surface area contributed by atoms with Gasteiger partial charge in [-0.3, -0.25) is 4.79 Å². The Morgan fingerprint density at radius 1 is 1.56 bits per heavy atom. The molecule has 1 aromatic rings. The third kappa shape index (κ3) is 3.76. The van der Waals surface area contributed by atoms with Crippen molar-refractivity contribution in [2.75, 3.05) is 25.5 Å². The van der Waals surface area contributed by atoms with Crippen molar-refractivity contribution < 1.29 is 9.53 Å². The fourth-order valence-corrected chi connectivity index (χ4v) is 1.10. The van der Waals surface area contributed by atoms with Gasteiger partial charge in [-0.15, -0.1) is 0 Å². The van der Waals surface area contributed by atoms with Gasteiger partial charge in [-0.25, -0.2) is 4.98 Å². The van der Waals surface area contributed by atoms with Crippen LogP contribution >= 0.6 is 0 Å². The molecule has 0 fully saturated rings. The molecule has 2 N–H and O–H groups in total. The number of rotatable bonds is 6. The number of amides is 1. The molecule has 1 aromatic heterocycles. The number of nitrogens with one attached hydrogen (secondary N) is 2. The minimum Gasteiger partial charge on any atom is -0.490 e. The third-order valence-corrected chi connectivity index (χ3v) is 1.93. The SMILES string of the molecule is CCCOc1cccnc1NCC(=O)NC. The maximum Gasteiger partial charge on any atom is 0.239 e. The van der Waals surface area contributed by atoms with Gasteiger partial charge < -0.3 is 15.4 Å². The lowest BCUT2D eigenvalue weighted by Crippen LogP contribution is -2.26. The van der Waals surface area contributed by atoms with Crippen molar-refractivity contribution >= 4 is 11.7 Å². The molecule has 0 aromatic carbocycles. The first-order chi connectivity index (χ1) is 7.77. The first-order valence-corrected chi connectivity index (χ1v) is 5.30. The van der Waals surface area contributed by atoms with E-state index >= 15 is 0 Å². The fourth-order valence-electron chi connectivity index (χ4n) is 1.10. The van der Waals surface area contributed by atoms with Crippen molar-refractivity contribution in [1.29, 1.82) is 0 Å². The molecule has 1 rings (SSSR count). The van der Waals surface area contributed by atoms with Crippen LogP contribution in [0.4, 0.5) is 5.82 Å². The van der Waals surface area contributed by atoms with Crippen LogP contribution in [0.25, 0.3) is 0 Å². The molecule has 0 saturated carbocycles. The number of nitrogens with zero attached hydrogens (tertiary/aromatic N) is 1. The number of hydrogen-bond acceptors (Lipinski definition) is 4. The molecular formula is C11H17N3O2. The van der Waals surface area contributed by atoms with Gasteiger partial charge in [0, 0.05) is 13.2 Å². The molecule has 0 radical (unpaired) electrons. The smallest absolute Gasteiger partial charge is 0.239 e. The quantitative estimate of drug-likeness (QED) is 0.756. The molecular weight excluding hydrogens is 206 g/mol. The second-order valence-electron chi connectivity index (χ2n) is 3.23. The topological polar surface area (TPSA) is 63.2 Å². The van der Waals surface area contributed by atoms with Gasteiger partial charge >= 0.3 is 0 Å². The van der Waals surface area contributed by atoms with E-state index in [4.69, 9.17) is 4.74 Å². The van der Waals surface area contributed by atoms with Gasteiger partial charge in [0.25, 0.3) is 0 Å². The van der Waals surface area contributed by atoms with E-state index in [0.717, 1.165) is 6.42 Å². The van der Waals surface area contributed by atoms with Gasteiger partial charge in [-0.2, -0.15) is 0 Å². The Kier molecular flexibility index (Phi) is 5.11. The second kappa shape index (κ2) is 6.66. The summed E-state index contributed by atoms with van der Waals surface area (Å²) in [5.41, 5.74) is 0. The Balaban J connectivity index is 2.59. The highest BCUT2D eigenvalue weighted by molar-refractivity contribution is 5.80. The van der Waals surface area contributed by atoms with Gasteiger partial charge in [0.1, 0.15) is 0 Å². The van der Waals surface area contributed by atoms with E-state index in [1.165, 1.54) is 0 Å². The van der Waals surface area contributed by atoms with Crippen LogP contribution in [-0.2, 0) is 4.79 Å². The number of hydrogen-bond donors (Lipinski definition) is 2. The van der Waals surface area contributed by atoms with Crippen LogP contribution in [-0.4, -0.2) is 31.1 Å². The number of anilines is 1. The highest BCUT2D eigenvalue weighted by Gasteiger charge is 2.05. The summed E-state index contributed by atoms with van der Waals surface area (Å²) in [6.07, 6.45) is 2.59. The number of carbonyl (C=O) groups is 1. The van der Waals surface area contributed by atoms with Gasteiger partial charge in [0.05, 0.1) is 13.2 Å². The largest absolute Gasteiger partial charge is 0.490 e. The highest BCUT2D eigenvalue weighted by Crippen LogP contribution is 2.20. The molecule has 0 bridgehead atoms. The van der Waals surface area contributed by atoms with E-state index in [9.17, 15) is 4.79 Å². The minimum absolute atomic E-state index is 0.0907. The number of ether oxygens (including phenoxy) is 1. The van der Waals surface area contributed by atoms with Crippen LogP contribution in [0.1, 0.15) is 13.3 Å². The maximum atomic E-state index is 11.1. The molecule has 0 unspecified atom stereocenters. The minimum atomic E-state index is -0.0907. The van der Waals surface area contributed by atoms with E-state index in [1.807, 2.05) is 13.0 Å². The number of likely N-dealkylation sites (N-methyl/N-ethyl adjacent to an activating group) is 1. The summed E-state index contributed by atoms with van der Waals surface area (Å²) >= 11 is 0. The molecule has 0 aliphatic carbocycles. The van der Waals surface area contributed by atoms with Crippen molar-refractivity contribution in [1.82, 2.24) is 10.3 Å². The zero-order valence-electron chi connectivity index (χ0n) is 9.62. The molecule has 0 saturated heterocycles. The summed E-state index contributed by atoms with van der Waals surface area (Å²) in [5.74, 6) is 1.18. The summed E-state index contributed by atoms with van der Waals surface area (Å²) < 4.78 is 5.50. The van der Waals surface area contributed by atoms with Crippen LogP contribution in [0.2, 0.25) is 0 Å². The zero-order valence-corrected chi connectivity index (χ0v) is 9.62. The average molecular weight is 223 g/mol. The van der Waals surface area contributed by atoms with E-state index in [1.54, 1.807) is 19.3 Å². The molecule has 0 atom stereocenters. The van der Waals surface area contributed by atoms with Crippen LogP contribution in [0.15, 0.2) is 18.3 Å². The lowest BCUT2D eigenvalue weighted by molar-refractivity contribution is -0.118. The summed E-state index contributed by atoms with van der Waals surface area (Å²) in [5, 5.41) is 5.45. The standard InChI is InChI=1S/C11H17N3O2/c1-3-7-16-9-5-4-6-13-11(9)14-8-10(15)12-2/h4-6H,3,7-8H2,1-2H3,(H,12,15)(H,13,14). The van der Waals surface area contributed by atoms with E-state index < -0.39 is 0 Å². The van der Waals surface area contributed by atoms with Crippen molar-refractivity contribution in [2.45, 2.75) is 13.3 Å². The lowest BCUT2D eigenvalue weighted by Gasteiger charge is -2.10. The first-order valence-electron chi connectivity index (χ1n) is 5.30. The van der Waals surface area contributed by atoms with Gasteiger partial charge in [0.15, 0.2) is 11.6 Å². The Hall–Kier alpha value is -1.78. The molecule has 88 valence electrons. The Morgan fingerprint density at radius 2 is 2.38 bits per heavy atom. The van der Waals surface area contributed by atoms with Gasteiger partial charge in [-0.1, -0.05) is 6.92 Å². The van der Waals surface area contributed by atoms with Gasteiger partial charge in [0.2, 0.25) is 5.91 Å². The van der Waals surface area contributed by atoms with Crippen LogP contribution in [0.5, 0.6) is 5.75 Å². The molecule has 5 nitrogen and oxygen atoms in total. The van der Waals surface area contributed by atoms with Gasteiger partial charge in [-0.05, 0) is 18.6 Å². The van der Waals surface area contributed by atoms with Crippen LogP contribution in [0.3, 0.4) is 0 Å². The Bertz CT molecular complexity index is 342. The fraction of sp³-hybridized carbons (Fsp3) is 0.455. The number of carbonyl (C=O) groups excluding carboxylic acids is 1. The molecule has 1 heterocycles. The maximum absolute atomic E-state index is 11.1. The molecule has 0 spiro atoms. The highest BCUT2D eigenvalue weighted by atomic mass is 16.5. The van der Waals surface area contributed by atoms with Crippen molar-refractivity contribution in [2.24, 2.45) is 0 Å². The normalized spacial score (nSPS) is 9.62. The predicted octanol–water partition coefficient (Wildman–Crippen LogP) is 1.03. The third-order valence-electron chi connectivity index (χ3n) is 1.93. The Morgan fingerprint density at radius 3 is 3.06 bits per heavy atom. The van der Waals surface area contributed by atoms with E-state index in [0.29, 0.717) is 18.2 Å².